The lowest BCUT2D eigenvalue weighted by Crippen LogP contribution is -2.66. The van der Waals surface area contributed by atoms with E-state index in [0.29, 0.717) is 19.3 Å². The highest BCUT2D eigenvalue weighted by Gasteiger charge is 2.72. The molecule has 4 unspecified atom stereocenters. The largest absolute Gasteiger partial charge is 0.481 e. The van der Waals surface area contributed by atoms with Gasteiger partial charge in [0, 0.05) is 5.92 Å². The van der Waals surface area contributed by atoms with Crippen LogP contribution in [0.4, 0.5) is 13.2 Å². The summed E-state index contributed by atoms with van der Waals surface area (Å²) >= 11 is 0. The van der Waals surface area contributed by atoms with Crippen LogP contribution in [0.2, 0.25) is 0 Å². The van der Waals surface area contributed by atoms with Gasteiger partial charge in [-0.2, -0.15) is 13.2 Å². The van der Waals surface area contributed by atoms with Crippen molar-refractivity contribution in [3.63, 3.8) is 0 Å². The van der Waals surface area contributed by atoms with Gasteiger partial charge in [-0.15, -0.1) is 0 Å². The molecule has 0 aromatic rings. The Balaban J connectivity index is 1.77. The van der Waals surface area contributed by atoms with Crippen molar-refractivity contribution in [1.29, 1.82) is 0 Å². The molecule has 0 bridgehead atoms. The Kier molecular flexibility index (Phi) is 7.90. The normalized spacial score (nSPS) is 47.4. The molecule has 4 aliphatic carbocycles. The summed E-state index contributed by atoms with van der Waals surface area (Å²) in [6, 6.07) is 0. The van der Waals surface area contributed by atoms with E-state index in [0.717, 1.165) is 24.8 Å². The Bertz CT molecular complexity index is 931. The number of allylic oxidation sites excluding steroid dienone is 2. The number of ether oxygens (including phenoxy) is 1. The molecule has 5 nitrogen and oxygen atoms in total. The van der Waals surface area contributed by atoms with E-state index >= 15 is 0 Å². The van der Waals surface area contributed by atoms with Crippen molar-refractivity contribution in [1.82, 2.24) is 0 Å². The van der Waals surface area contributed by atoms with Gasteiger partial charge in [0.15, 0.2) is 0 Å². The summed E-state index contributed by atoms with van der Waals surface area (Å²) in [5.74, 6) is -2.50. The molecule has 8 heteroatoms. The molecular formula is C30H47F3O5. The Morgan fingerprint density at radius 3 is 2.29 bits per heavy atom. The lowest BCUT2D eigenvalue weighted by molar-refractivity contribution is -0.240. The van der Waals surface area contributed by atoms with Crippen LogP contribution in [0.5, 0.6) is 0 Å². The van der Waals surface area contributed by atoms with Crippen molar-refractivity contribution in [3.05, 3.63) is 11.6 Å². The van der Waals surface area contributed by atoms with Crippen LogP contribution in [-0.2, 0) is 9.53 Å². The van der Waals surface area contributed by atoms with Crippen LogP contribution < -0.4 is 0 Å². The van der Waals surface area contributed by atoms with Crippen molar-refractivity contribution in [2.75, 3.05) is 6.61 Å². The summed E-state index contributed by atoms with van der Waals surface area (Å²) in [6.45, 7) is 11.0. The second-order valence-electron chi connectivity index (χ2n) is 14.0. The van der Waals surface area contributed by atoms with Crippen LogP contribution in [0.3, 0.4) is 0 Å². The standard InChI is InChI=1S/C30H47F3O5/c1-16(2)7-8-18(26(36)37)24-20-13-22(35)25-27(4)11-10-21(34)17(3)19(27)9-12-28(25,5)29(20,6)14-23(24)38-15-30(31,32)33/h7,17-25,34-35H,8-15H2,1-6H3,(H,36,37)/t17-,18+,19?,20?,21+,22?,23-,24+,25?,27-,28-,29-/m0/s1. The fourth-order valence-corrected chi connectivity index (χ4v) is 10.2. The third-order valence-corrected chi connectivity index (χ3v) is 12.0. The predicted molar refractivity (Wildman–Crippen MR) is 138 cm³/mol. The van der Waals surface area contributed by atoms with Gasteiger partial charge in [-0.25, -0.2) is 0 Å². The first-order valence-electron chi connectivity index (χ1n) is 14.4. The molecule has 0 heterocycles. The van der Waals surface area contributed by atoms with Gasteiger partial charge in [-0.3, -0.25) is 4.79 Å². The number of carboxylic acid groups (broad SMARTS) is 1. The number of alkyl halides is 3. The van der Waals surface area contributed by atoms with Crippen LogP contribution >= 0.6 is 0 Å². The van der Waals surface area contributed by atoms with E-state index in [-0.39, 0.29) is 41.6 Å². The number of aliphatic carboxylic acids is 1. The summed E-state index contributed by atoms with van der Waals surface area (Å²) in [6.07, 6.45) is -0.438. The molecular weight excluding hydrogens is 497 g/mol. The van der Waals surface area contributed by atoms with Crippen LogP contribution in [0.1, 0.15) is 86.5 Å². The van der Waals surface area contributed by atoms with Gasteiger partial charge in [0.05, 0.1) is 24.2 Å². The van der Waals surface area contributed by atoms with Crippen molar-refractivity contribution >= 4 is 5.97 Å². The highest BCUT2D eigenvalue weighted by atomic mass is 19.4. The molecule has 4 saturated carbocycles. The van der Waals surface area contributed by atoms with Gasteiger partial charge in [0.25, 0.3) is 0 Å². The first-order chi connectivity index (χ1) is 17.5. The molecule has 4 aliphatic rings. The number of hydrogen-bond donors (Lipinski definition) is 3. The summed E-state index contributed by atoms with van der Waals surface area (Å²) in [7, 11) is 0. The molecule has 4 rings (SSSR count). The maximum atomic E-state index is 13.3. The third-order valence-electron chi connectivity index (χ3n) is 12.0. The average Bonchev–Trinajstić information content (AvgIpc) is 3.07. The molecule has 0 amide bonds. The summed E-state index contributed by atoms with van der Waals surface area (Å²) < 4.78 is 45.5. The summed E-state index contributed by atoms with van der Waals surface area (Å²) in [5, 5.41) is 32.8. The van der Waals surface area contributed by atoms with Gasteiger partial charge < -0.3 is 20.1 Å². The van der Waals surface area contributed by atoms with Crippen LogP contribution in [0, 0.1) is 51.8 Å². The van der Waals surface area contributed by atoms with E-state index in [1.165, 1.54) is 0 Å². The monoisotopic (exact) mass is 544 g/mol. The molecule has 0 saturated heterocycles. The third kappa shape index (κ3) is 4.74. The van der Waals surface area contributed by atoms with Crippen LogP contribution in [0.15, 0.2) is 11.6 Å². The average molecular weight is 545 g/mol. The lowest BCUT2D eigenvalue weighted by atomic mass is 9.36. The molecule has 0 spiro atoms. The molecule has 218 valence electrons. The topological polar surface area (TPSA) is 87.0 Å². The minimum atomic E-state index is -4.51. The zero-order valence-corrected chi connectivity index (χ0v) is 23.7. The highest BCUT2D eigenvalue weighted by molar-refractivity contribution is 5.71. The van der Waals surface area contributed by atoms with E-state index in [4.69, 9.17) is 4.74 Å². The van der Waals surface area contributed by atoms with Crippen molar-refractivity contribution < 1.29 is 38.0 Å². The minimum absolute atomic E-state index is 0.0759. The Morgan fingerprint density at radius 2 is 1.71 bits per heavy atom. The molecule has 3 N–H and O–H groups in total. The first kappa shape index (κ1) is 29.9. The summed E-state index contributed by atoms with van der Waals surface area (Å²) in [4.78, 5) is 12.6. The number of carbonyl (C=O) groups is 1. The van der Waals surface area contributed by atoms with E-state index in [1.807, 2.05) is 19.9 Å². The van der Waals surface area contributed by atoms with E-state index in [1.54, 1.807) is 0 Å². The molecule has 0 aliphatic heterocycles. The molecule has 4 fully saturated rings. The van der Waals surface area contributed by atoms with E-state index < -0.39 is 53.6 Å². The summed E-state index contributed by atoms with van der Waals surface area (Å²) in [5.41, 5.74) is -0.117. The number of fused-ring (bicyclic) bond motifs is 5. The molecule has 0 aromatic heterocycles. The smallest absolute Gasteiger partial charge is 0.411 e. The van der Waals surface area contributed by atoms with Crippen LogP contribution in [-0.4, -0.2) is 52.4 Å². The number of rotatable bonds is 6. The van der Waals surface area contributed by atoms with Gasteiger partial charge in [-0.1, -0.05) is 39.3 Å². The second-order valence-corrected chi connectivity index (χ2v) is 14.0. The SMILES string of the molecule is CC(C)=CC[C@@H](C(=O)O)[C@@H]1C2CC(O)C3[C@@]4(C)CC[C@@H](O)[C@@H](C)C4CC[C@]3(C)[C@@]2(C)C[C@@H]1OCC(F)(F)F. The van der Waals surface area contributed by atoms with Gasteiger partial charge in [0.1, 0.15) is 6.61 Å². The molecule has 0 aromatic carbocycles. The highest BCUT2D eigenvalue weighted by Crippen LogP contribution is 2.74. The van der Waals surface area contributed by atoms with Crippen LogP contribution in [0.25, 0.3) is 0 Å². The number of carboxylic acids is 1. The number of aliphatic hydroxyl groups is 2. The number of hydrogen-bond acceptors (Lipinski definition) is 4. The zero-order chi connectivity index (χ0) is 28.4. The van der Waals surface area contributed by atoms with Crippen molar-refractivity contribution in [2.24, 2.45) is 51.8 Å². The zero-order valence-electron chi connectivity index (χ0n) is 23.7. The Labute approximate surface area is 225 Å². The fourth-order valence-electron chi connectivity index (χ4n) is 10.2. The molecule has 38 heavy (non-hydrogen) atoms. The Morgan fingerprint density at radius 1 is 1.05 bits per heavy atom. The van der Waals surface area contributed by atoms with E-state index in [9.17, 15) is 33.3 Å². The minimum Gasteiger partial charge on any atom is -0.481 e. The number of halogens is 3. The lowest BCUT2D eigenvalue weighted by Gasteiger charge is -2.69. The fraction of sp³-hybridized carbons (Fsp3) is 0.900. The van der Waals surface area contributed by atoms with Gasteiger partial charge in [0.2, 0.25) is 0 Å². The predicted octanol–water partition coefficient (Wildman–Crippen LogP) is 6.23. The maximum Gasteiger partial charge on any atom is 0.411 e. The van der Waals surface area contributed by atoms with Gasteiger partial charge >= 0.3 is 12.1 Å². The Hall–Kier alpha value is -1.12. The van der Waals surface area contributed by atoms with Crippen molar-refractivity contribution in [2.45, 2.75) is 111 Å². The van der Waals surface area contributed by atoms with Gasteiger partial charge in [-0.05, 0) is 98.7 Å². The van der Waals surface area contributed by atoms with Crippen molar-refractivity contribution in [3.8, 4) is 0 Å². The number of aliphatic hydroxyl groups excluding tert-OH is 2. The molecule has 12 atom stereocenters. The maximum absolute atomic E-state index is 13.3. The second kappa shape index (κ2) is 10.1. The van der Waals surface area contributed by atoms with E-state index in [2.05, 4.69) is 27.7 Å². The quantitative estimate of drug-likeness (QED) is 0.345. The first-order valence-corrected chi connectivity index (χ1v) is 14.4. The molecule has 0 radical (unpaired) electrons.